The summed E-state index contributed by atoms with van der Waals surface area (Å²) in [7, 11) is -3.40. The molecule has 1 atom stereocenters. The van der Waals surface area contributed by atoms with Crippen molar-refractivity contribution >= 4 is 10.0 Å². The van der Waals surface area contributed by atoms with Gasteiger partial charge in [-0.2, -0.15) is 4.31 Å². The average molecular weight is 338 g/mol. The molecule has 0 unspecified atom stereocenters. The van der Waals surface area contributed by atoms with E-state index in [2.05, 4.69) is 11.8 Å². The molecule has 1 aliphatic carbocycles. The second-order valence-corrected chi connectivity index (χ2v) is 8.54. The molecule has 0 radical (unpaired) electrons. The van der Waals surface area contributed by atoms with Crippen LogP contribution >= 0.6 is 0 Å². The predicted molar refractivity (Wildman–Crippen MR) is 89.7 cm³/mol. The van der Waals surface area contributed by atoms with Crippen LogP contribution in [0.5, 0.6) is 0 Å². The van der Waals surface area contributed by atoms with E-state index in [-0.39, 0.29) is 6.10 Å². The van der Waals surface area contributed by atoms with E-state index in [1.54, 1.807) is 16.4 Å². The van der Waals surface area contributed by atoms with Gasteiger partial charge >= 0.3 is 0 Å². The van der Waals surface area contributed by atoms with Gasteiger partial charge in [-0.25, -0.2) is 8.42 Å². The van der Waals surface area contributed by atoms with Crippen LogP contribution in [0.4, 0.5) is 0 Å². The van der Waals surface area contributed by atoms with Crippen LogP contribution in [0.1, 0.15) is 25.3 Å². The van der Waals surface area contributed by atoms with Crippen molar-refractivity contribution < 1.29 is 13.5 Å². The number of nitrogens with zero attached hydrogens (tertiary/aromatic N) is 2. The summed E-state index contributed by atoms with van der Waals surface area (Å²) in [5, 5.41) is 10.0. The van der Waals surface area contributed by atoms with Gasteiger partial charge in [-0.3, -0.25) is 4.90 Å². The quantitative estimate of drug-likeness (QED) is 0.850. The number of aliphatic hydroxyl groups is 1. The number of hydrogen-bond acceptors (Lipinski definition) is 4. The summed E-state index contributed by atoms with van der Waals surface area (Å²) >= 11 is 0. The first-order valence-corrected chi connectivity index (χ1v) is 9.94. The van der Waals surface area contributed by atoms with Gasteiger partial charge in [0.25, 0.3) is 0 Å². The van der Waals surface area contributed by atoms with Crippen LogP contribution in [-0.2, 0) is 16.4 Å². The first-order valence-electron chi connectivity index (χ1n) is 8.50. The SMILES string of the molecule is CCc1ccc(S(=O)(=O)N2CCN(C[C@H](O)C3CC3)CC2)cc1. The molecule has 0 bridgehead atoms. The van der Waals surface area contributed by atoms with Crippen LogP contribution in [0, 0.1) is 5.92 Å². The fraction of sp³-hybridized carbons (Fsp3) is 0.647. The van der Waals surface area contributed by atoms with Crippen molar-refractivity contribution in [2.24, 2.45) is 5.92 Å². The van der Waals surface area contributed by atoms with Crippen LogP contribution in [0.25, 0.3) is 0 Å². The van der Waals surface area contributed by atoms with Crippen LogP contribution in [0.15, 0.2) is 29.2 Å². The Morgan fingerprint density at radius 3 is 2.26 bits per heavy atom. The molecular weight excluding hydrogens is 312 g/mol. The first-order chi connectivity index (χ1) is 11.0. The predicted octanol–water partition coefficient (Wildman–Crippen LogP) is 1.33. The van der Waals surface area contributed by atoms with E-state index in [0.29, 0.717) is 43.5 Å². The highest BCUT2D eigenvalue weighted by Gasteiger charge is 2.33. The van der Waals surface area contributed by atoms with Gasteiger partial charge < -0.3 is 5.11 Å². The maximum Gasteiger partial charge on any atom is 0.243 e. The molecule has 1 aromatic carbocycles. The fourth-order valence-electron chi connectivity index (χ4n) is 3.09. The molecule has 2 aliphatic rings. The molecule has 1 aliphatic heterocycles. The summed E-state index contributed by atoms with van der Waals surface area (Å²) < 4.78 is 26.9. The molecule has 128 valence electrons. The van der Waals surface area contributed by atoms with Gasteiger partial charge in [0.1, 0.15) is 0 Å². The molecule has 1 heterocycles. The van der Waals surface area contributed by atoms with Crippen LogP contribution in [0.2, 0.25) is 0 Å². The van der Waals surface area contributed by atoms with Crippen molar-refractivity contribution in [3.05, 3.63) is 29.8 Å². The monoisotopic (exact) mass is 338 g/mol. The number of rotatable bonds is 6. The van der Waals surface area contributed by atoms with E-state index in [9.17, 15) is 13.5 Å². The van der Waals surface area contributed by atoms with Gasteiger partial charge in [0.05, 0.1) is 11.0 Å². The van der Waals surface area contributed by atoms with Crippen molar-refractivity contribution in [2.45, 2.75) is 37.2 Å². The maximum absolute atomic E-state index is 12.7. The van der Waals surface area contributed by atoms with Crippen LogP contribution in [-0.4, -0.2) is 61.6 Å². The van der Waals surface area contributed by atoms with Crippen molar-refractivity contribution in [2.75, 3.05) is 32.7 Å². The zero-order valence-corrected chi connectivity index (χ0v) is 14.5. The van der Waals surface area contributed by atoms with Crippen molar-refractivity contribution in [3.8, 4) is 0 Å². The number of sulfonamides is 1. The lowest BCUT2D eigenvalue weighted by molar-refractivity contribution is 0.0782. The Balaban J connectivity index is 1.58. The highest BCUT2D eigenvalue weighted by molar-refractivity contribution is 7.89. The summed E-state index contributed by atoms with van der Waals surface area (Å²) in [5.41, 5.74) is 1.14. The second-order valence-electron chi connectivity index (χ2n) is 6.61. The van der Waals surface area contributed by atoms with Gasteiger partial charge in [0.15, 0.2) is 0 Å². The molecule has 23 heavy (non-hydrogen) atoms. The highest BCUT2D eigenvalue weighted by Crippen LogP contribution is 2.33. The molecule has 0 spiro atoms. The molecule has 2 fully saturated rings. The Bertz CT molecular complexity index is 618. The molecule has 1 saturated carbocycles. The topological polar surface area (TPSA) is 60.9 Å². The Morgan fingerprint density at radius 2 is 1.74 bits per heavy atom. The molecule has 1 aromatic rings. The van der Waals surface area contributed by atoms with Crippen molar-refractivity contribution in [1.82, 2.24) is 9.21 Å². The van der Waals surface area contributed by atoms with E-state index in [1.807, 2.05) is 12.1 Å². The van der Waals surface area contributed by atoms with Crippen LogP contribution in [0.3, 0.4) is 0 Å². The van der Waals surface area contributed by atoms with Crippen LogP contribution < -0.4 is 0 Å². The molecule has 6 heteroatoms. The van der Waals surface area contributed by atoms with E-state index in [4.69, 9.17) is 0 Å². The standard InChI is InChI=1S/C17H26N2O3S/c1-2-14-3-7-16(8-4-14)23(21,22)19-11-9-18(10-12-19)13-17(20)15-5-6-15/h3-4,7-8,15,17,20H,2,5-6,9-13H2,1H3/t17-/m0/s1. The summed E-state index contributed by atoms with van der Waals surface area (Å²) in [4.78, 5) is 2.55. The van der Waals surface area contributed by atoms with Gasteiger partial charge in [-0.15, -0.1) is 0 Å². The second kappa shape index (κ2) is 6.89. The average Bonchev–Trinajstić information content (AvgIpc) is 3.40. The third-order valence-electron chi connectivity index (χ3n) is 4.91. The number of hydrogen-bond donors (Lipinski definition) is 1. The first kappa shape index (κ1) is 16.9. The highest BCUT2D eigenvalue weighted by atomic mass is 32.2. The zero-order valence-electron chi connectivity index (χ0n) is 13.7. The van der Waals surface area contributed by atoms with Gasteiger partial charge in [0.2, 0.25) is 10.0 Å². The number of benzene rings is 1. The number of β-amino-alcohol motifs (C(OH)–C–C–N with tert-alkyl or cyclic N) is 1. The Hall–Kier alpha value is -0.950. The van der Waals surface area contributed by atoms with E-state index < -0.39 is 10.0 Å². The van der Waals surface area contributed by atoms with Crippen molar-refractivity contribution in [3.63, 3.8) is 0 Å². The van der Waals surface area contributed by atoms with Gasteiger partial charge in [-0.1, -0.05) is 19.1 Å². The lowest BCUT2D eigenvalue weighted by Crippen LogP contribution is -2.50. The number of aryl methyl sites for hydroxylation is 1. The Morgan fingerprint density at radius 1 is 1.13 bits per heavy atom. The third kappa shape index (κ3) is 3.94. The summed E-state index contributed by atoms with van der Waals surface area (Å²) in [5.74, 6) is 0.467. The molecule has 5 nitrogen and oxygen atoms in total. The minimum Gasteiger partial charge on any atom is -0.392 e. The smallest absolute Gasteiger partial charge is 0.243 e. The minimum absolute atomic E-state index is 0.250. The number of piperazine rings is 1. The molecule has 0 amide bonds. The third-order valence-corrected chi connectivity index (χ3v) is 6.82. The van der Waals surface area contributed by atoms with E-state index in [1.165, 1.54) is 0 Å². The van der Waals surface area contributed by atoms with E-state index in [0.717, 1.165) is 24.8 Å². The normalized spacial score (nSPS) is 22.2. The zero-order chi connectivity index (χ0) is 16.4. The number of aliphatic hydroxyl groups excluding tert-OH is 1. The Labute approximate surface area is 139 Å². The maximum atomic E-state index is 12.7. The minimum atomic E-state index is -3.40. The van der Waals surface area contributed by atoms with Gasteiger partial charge in [-0.05, 0) is 42.9 Å². The fourth-order valence-corrected chi connectivity index (χ4v) is 4.52. The van der Waals surface area contributed by atoms with Crippen molar-refractivity contribution in [1.29, 1.82) is 0 Å². The lowest BCUT2D eigenvalue weighted by atomic mass is 10.2. The summed E-state index contributed by atoms with van der Waals surface area (Å²) in [6, 6.07) is 7.18. The summed E-state index contributed by atoms with van der Waals surface area (Å²) in [6.07, 6.45) is 2.91. The van der Waals surface area contributed by atoms with E-state index >= 15 is 0 Å². The lowest BCUT2D eigenvalue weighted by Gasteiger charge is -2.35. The molecule has 3 rings (SSSR count). The largest absolute Gasteiger partial charge is 0.392 e. The molecule has 0 aromatic heterocycles. The molecular formula is C17H26N2O3S. The Kier molecular flexibility index (Phi) is 5.06. The molecule has 1 N–H and O–H groups in total. The van der Waals surface area contributed by atoms with Gasteiger partial charge in [0, 0.05) is 32.7 Å². The molecule has 1 saturated heterocycles. The summed E-state index contributed by atoms with van der Waals surface area (Å²) in [6.45, 7) is 5.10.